The molecule has 1 amide bonds. The molecule has 0 fully saturated rings. The number of nitrogens with one attached hydrogen (secondary N) is 2. The number of aliphatic hydroxyl groups excluding tert-OH is 1. The summed E-state index contributed by atoms with van der Waals surface area (Å²) in [7, 11) is -2.68. The summed E-state index contributed by atoms with van der Waals surface area (Å²) in [6.07, 6.45) is 1.15. The number of ether oxygens (including phenoxy) is 1. The van der Waals surface area contributed by atoms with Crippen molar-refractivity contribution < 1.29 is 27.4 Å². The normalized spacial score (nSPS) is 20.8. The summed E-state index contributed by atoms with van der Waals surface area (Å²) in [5, 5.41) is 21.6. The van der Waals surface area contributed by atoms with Gasteiger partial charge in [0.05, 0.1) is 17.2 Å². The van der Waals surface area contributed by atoms with Crippen LogP contribution >= 0.6 is 0 Å². The number of carbonyl (C=O) groups excluding carboxylic acids is 1. The predicted octanol–water partition coefficient (Wildman–Crippen LogP) is 1.26. The molecule has 1 aromatic carbocycles. The number of halogens is 1. The molecule has 2 atom stereocenters. The third kappa shape index (κ3) is 3.68. The fraction of sp³-hybridized carbons (Fsp3) is 0.263. The van der Waals surface area contributed by atoms with E-state index in [0.29, 0.717) is 0 Å². The number of benzene rings is 1. The van der Waals surface area contributed by atoms with Gasteiger partial charge in [0.2, 0.25) is 10.0 Å². The first-order chi connectivity index (χ1) is 14.0. The van der Waals surface area contributed by atoms with Crippen LogP contribution in [0, 0.1) is 17.1 Å². The van der Waals surface area contributed by atoms with E-state index < -0.39 is 33.4 Å². The van der Waals surface area contributed by atoms with Crippen LogP contribution in [0.1, 0.15) is 23.0 Å². The van der Waals surface area contributed by atoms with Gasteiger partial charge in [-0.05, 0) is 25.1 Å². The number of aryl methyl sites for hydroxylation is 1. The highest BCUT2D eigenvalue weighted by atomic mass is 32.2. The molecule has 0 radical (unpaired) electrons. The average Bonchev–Trinajstić information content (AvgIpc) is 2.99. The van der Waals surface area contributed by atoms with Gasteiger partial charge in [-0.25, -0.2) is 12.8 Å². The van der Waals surface area contributed by atoms with Crippen LogP contribution in [-0.4, -0.2) is 42.2 Å². The zero-order chi connectivity index (χ0) is 22.3. The molecule has 1 aliphatic rings. The Morgan fingerprint density at radius 1 is 1.57 bits per heavy atom. The van der Waals surface area contributed by atoms with Gasteiger partial charge >= 0.3 is 0 Å². The fourth-order valence-electron chi connectivity index (χ4n) is 3.07. The molecular formula is C19H19FN4O5S. The van der Waals surface area contributed by atoms with Crippen molar-refractivity contribution >= 4 is 21.6 Å². The van der Waals surface area contributed by atoms with Crippen molar-refractivity contribution in [1.29, 1.82) is 5.26 Å². The van der Waals surface area contributed by atoms with E-state index in [0.717, 1.165) is 12.1 Å². The summed E-state index contributed by atoms with van der Waals surface area (Å²) in [6, 6.07) is 5.14. The van der Waals surface area contributed by atoms with Crippen LogP contribution in [0.2, 0.25) is 0 Å². The lowest BCUT2D eigenvalue weighted by molar-refractivity contribution is 0.0843. The van der Waals surface area contributed by atoms with Crippen LogP contribution in [0.4, 0.5) is 10.1 Å². The van der Waals surface area contributed by atoms with Crippen molar-refractivity contribution in [2.24, 2.45) is 7.05 Å². The lowest BCUT2D eigenvalue weighted by atomic mass is 9.97. The third-order valence-electron chi connectivity index (χ3n) is 4.71. The summed E-state index contributed by atoms with van der Waals surface area (Å²) in [6.45, 7) is 4.64. The van der Waals surface area contributed by atoms with E-state index >= 15 is 0 Å². The molecule has 158 valence electrons. The molecule has 11 heteroatoms. The minimum Gasteiger partial charge on any atom is -0.488 e. The van der Waals surface area contributed by atoms with Crippen molar-refractivity contribution in [2.45, 2.75) is 23.5 Å². The number of rotatable bonds is 4. The van der Waals surface area contributed by atoms with Crippen molar-refractivity contribution in [3.8, 4) is 11.8 Å². The van der Waals surface area contributed by atoms with E-state index in [1.807, 2.05) is 0 Å². The van der Waals surface area contributed by atoms with Gasteiger partial charge in [-0.2, -0.15) is 9.98 Å². The Morgan fingerprint density at radius 2 is 2.27 bits per heavy atom. The maximum Gasteiger partial charge on any atom is 0.276 e. The van der Waals surface area contributed by atoms with Crippen LogP contribution < -0.4 is 14.8 Å². The summed E-state index contributed by atoms with van der Waals surface area (Å²) in [5.74, 6) is -1.65. The lowest BCUT2D eigenvalue weighted by Crippen LogP contribution is -2.56. The Labute approximate surface area is 172 Å². The average molecular weight is 434 g/mol. The first kappa shape index (κ1) is 21.5. The van der Waals surface area contributed by atoms with Crippen LogP contribution in [0.15, 0.2) is 41.9 Å². The summed E-state index contributed by atoms with van der Waals surface area (Å²) in [4.78, 5) is 12.6. The molecule has 9 nitrogen and oxygen atoms in total. The van der Waals surface area contributed by atoms with Crippen LogP contribution in [0.3, 0.4) is 0 Å². The number of carbonyl (C=O) groups is 1. The van der Waals surface area contributed by atoms with Crippen LogP contribution in [0.5, 0.6) is 5.75 Å². The molecule has 0 saturated heterocycles. The number of sulfonamides is 1. The maximum atomic E-state index is 13.5. The molecule has 1 aromatic heterocycles. The molecule has 0 saturated carbocycles. The van der Waals surface area contributed by atoms with Gasteiger partial charge in [0.25, 0.3) is 5.91 Å². The highest BCUT2D eigenvalue weighted by Gasteiger charge is 2.43. The number of hydrogen-bond acceptors (Lipinski definition) is 6. The first-order valence-electron chi connectivity index (χ1n) is 8.70. The van der Waals surface area contributed by atoms with Gasteiger partial charge in [-0.1, -0.05) is 6.08 Å². The van der Waals surface area contributed by atoms with E-state index in [2.05, 4.69) is 16.6 Å². The molecule has 30 heavy (non-hydrogen) atoms. The van der Waals surface area contributed by atoms with E-state index in [4.69, 9.17) is 10.00 Å². The Morgan fingerprint density at radius 3 is 2.90 bits per heavy atom. The minimum absolute atomic E-state index is 0.101. The molecule has 2 aromatic rings. The van der Waals surface area contributed by atoms with E-state index in [-0.39, 0.29) is 34.2 Å². The topological polar surface area (TPSA) is 133 Å². The van der Waals surface area contributed by atoms with Crippen molar-refractivity contribution in [3.63, 3.8) is 0 Å². The predicted molar refractivity (Wildman–Crippen MR) is 105 cm³/mol. The highest BCUT2D eigenvalue weighted by molar-refractivity contribution is 7.89. The Balaban J connectivity index is 2.01. The molecule has 0 spiro atoms. The van der Waals surface area contributed by atoms with Gasteiger partial charge in [-0.3, -0.25) is 4.79 Å². The molecule has 0 unspecified atom stereocenters. The van der Waals surface area contributed by atoms with E-state index in [1.54, 1.807) is 6.07 Å². The second-order valence-electron chi connectivity index (χ2n) is 7.03. The van der Waals surface area contributed by atoms with Crippen LogP contribution in [0.25, 0.3) is 0 Å². The van der Waals surface area contributed by atoms with Gasteiger partial charge in [0.1, 0.15) is 23.4 Å². The molecule has 3 N–H and O–H groups in total. The largest absolute Gasteiger partial charge is 0.488 e. The van der Waals surface area contributed by atoms with Crippen molar-refractivity contribution in [2.75, 3.05) is 11.9 Å². The van der Waals surface area contributed by atoms with Gasteiger partial charge in [0.15, 0.2) is 11.4 Å². The van der Waals surface area contributed by atoms with E-state index in [9.17, 15) is 22.7 Å². The number of nitrogens with zero attached hydrogens (tertiary/aromatic N) is 2. The summed E-state index contributed by atoms with van der Waals surface area (Å²) < 4.78 is 48.5. The Bertz CT molecular complexity index is 1180. The lowest BCUT2D eigenvalue weighted by Gasteiger charge is -2.31. The number of hydrogen-bond donors (Lipinski definition) is 3. The summed E-state index contributed by atoms with van der Waals surface area (Å²) >= 11 is 0. The number of amides is 1. The number of fused-ring (bicyclic) bond motifs is 1. The number of nitriles is 1. The molecule has 0 bridgehead atoms. The Hall–Kier alpha value is -3.20. The monoisotopic (exact) mass is 434 g/mol. The smallest absolute Gasteiger partial charge is 0.276 e. The van der Waals surface area contributed by atoms with Crippen molar-refractivity contribution in [1.82, 2.24) is 9.29 Å². The van der Waals surface area contributed by atoms with Gasteiger partial charge in [-0.15, -0.1) is 6.58 Å². The zero-order valence-electron chi connectivity index (χ0n) is 16.1. The molecule has 1 aliphatic heterocycles. The van der Waals surface area contributed by atoms with E-state index in [1.165, 1.54) is 36.9 Å². The quantitative estimate of drug-likeness (QED) is 0.621. The number of anilines is 1. The van der Waals surface area contributed by atoms with Crippen LogP contribution in [-0.2, 0) is 17.1 Å². The highest BCUT2D eigenvalue weighted by Crippen LogP contribution is 2.35. The standard InChI is InChI=1S/C19H19FN4O5S/c1-4-15(25)19(2)10-29-17-14(30(27,28)23-19)9-24(3)16(17)18(26)22-12-5-6-13(20)11(7-12)8-21/h4-7,9,15,23,25H,1,10H2,2-3H3,(H,22,26)/t15-,19-/m0/s1. The number of aromatic nitrogens is 1. The minimum atomic E-state index is -4.14. The molecular weight excluding hydrogens is 415 g/mol. The molecule has 0 aliphatic carbocycles. The Kier molecular flexibility index (Phi) is 5.42. The second kappa shape index (κ2) is 7.56. The molecule has 3 rings (SSSR count). The third-order valence-corrected chi connectivity index (χ3v) is 6.32. The second-order valence-corrected chi connectivity index (χ2v) is 8.69. The maximum absolute atomic E-state index is 13.5. The summed E-state index contributed by atoms with van der Waals surface area (Å²) in [5.41, 5.74) is -1.61. The fourth-order valence-corrected chi connectivity index (χ4v) is 4.67. The SMILES string of the molecule is C=C[C@H](O)[C@]1(C)COc2c(cn(C)c2C(=O)Nc2ccc(F)c(C#N)c2)S(=O)(=O)N1. The van der Waals surface area contributed by atoms with Gasteiger partial charge < -0.3 is 19.7 Å². The number of aliphatic hydroxyl groups is 1. The molecule has 2 heterocycles. The van der Waals surface area contributed by atoms with Gasteiger partial charge in [0, 0.05) is 18.9 Å². The van der Waals surface area contributed by atoms with Crippen molar-refractivity contribution in [3.05, 3.63) is 54.1 Å². The first-order valence-corrected chi connectivity index (χ1v) is 10.2. The zero-order valence-corrected chi connectivity index (χ0v) is 17.0.